The van der Waals surface area contributed by atoms with Crippen LogP contribution in [0.4, 0.5) is 0 Å². The highest BCUT2D eigenvalue weighted by Crippen LogP contribution is 2.45. The number of guanidine groups is 1. The normalized spacial score (nSPS) is 18.5. The molecule has 152 valence electrons. The summed E-state index contributed by atoms with van der Waals surface area (Å²) in [6.07, 6.45) is 7.45. The molecule has 2 aromatic rings. The van der Waals surface area contributed by atoms with Crippen LogP contribution in [0.25, 0.3) is 11.4 Å². The number of hydrogen-bond donors (Lipinski definition) is 1. The molecule has 6 nitrogen and oxygen atoms in total. The van der Waals surface area contributed by atoms with Crippen molar-refractivity contribution in [2.75, 3.05) is 26.7 Å². The van der Waals surface area contributed by atoms with Gasteiger partial charge in [-0.25, -0.2) is 0 Å². The van der Waals surface area contributed by atoms with Crippen molar-refractivity contribution in [1.29, 1.82) is 0 Å². The molecule has 1 aliphatic carbocycles. The fourth-order valence-electron chi connectivity index (χ4n) is 4.36. The minimum atomic E-state index is 0. The number of aromatic nitrogens is 2. The summed E-state index contributed by atoms with van der Waals surface area (Å²) >= 11 is 6.03. The molecular formula is C20H27ClIN5O. The van der Waals surface area contributed by atoms with Gasteiger partial charge in [0, 0.05) is 43.7 Å². The first kappa shape index (κ1) is 21.4. The van der Waals surface area contributed by atoms with E-state index in [0.29, 0.717) is 35.1 Å². The van der Waals surface area contributed by atoms with Crippen LogP contribution in [0.2, 0.25) is 5.02 Å². The number of benzene rings is 1. The van der Waals surface area contributed by atoms with Gasteiger partial charge in [-0.05, 0) is 36.8 Å². The number of hydrogen-bond acceptors (Lipinski definition) is 4. The molecular weight excluding hydrogens is 489 g/mol. The van der Waals surface area contributed by atoms with Crippen molar-refractivity contribution in [3.05, 3.63) is 35.2 Å². The summed E-state index contributed by atoms with van der Waals surface area (Å²) in [5.74, 6) is 2.16. The van der Waals surface area contributed by atoms with Gasteiger partial charge in [-0.15, -0.1) is 24.0 Å². The lowest BCUT2D eigenvalue weighted by atomic mass is 9.86. The molecule has 1 aromatic carbocycles. The number of nitrogens with zero attached hydrogens (tertiary/aromatic N) is 4. The van der Waals surface area contributed by atoms with Crippen molar-refractivity contribution in [3.63, 3.8) is 0 Å². The number of rotatable bonds is 4. The van der Waals surface area contributed by atoms with E-state index in [1.807, 2.05) is 31.3 Å². The van der Waals surface area contributed by atoms with Crippen LogP contribution in [-0.4, -0.2) is 47.7 Å². The van der Waals surface area contributed by atoms with Crippen LogP contribution in [0.1, 0.15) is 38.0 Å². The highest BCUT2D eigenvalue weighted by molar-refractivity contribution is 14.0. The quantitative estimate of drug-likeness (QED) is 0.372. The number of likely N-dealkylation sites (tertiary alicyclic amines) is 1. The van der Waals surface area contributed by atoms with Gasteiger partial charge in [-0.1, -0.05) is 41.7 Å². The highest BCUT2D eigenvalue weighted by Gasteiger charge is 2.41. The third-order valence-electron chi connectivity index (χ3n) is 5.79. The Balaban J connectivity index is 0.00000225. The molecule has 1 saturated carbocycles. The van der Waals surface area contributed by atoms with E-state index >= 15 is 0 Å². The topological polar surface area (TPSA) is 66.5 Å². The molecule has 0 radical (unpaired) electrons. The van der Waals surface area contributed by atoms with Crippen LogP contribution in [-0.2, 0) is 6.42 Å². The van der Waals surface area contributed by atoms with E-state index < -0.39 is 0 Å². The predicted octanol–water partition coefficient (Wildman–Crippen LogP) is 4.39. The van der Waals surface area contributed by atoms with Crippen molar-refractivity contribution in [2.24, 2.45) is 10.4 Å². The smallest absolute Gasteiger partial charge is 0.228 e. The fraction of sp³-hybridized carbons (Fsp3) is 0.550. The molecule has 0 amide bonds. The first-order valence-electron chi connectivity index (χ1n) is 9.72. The van der Waals surface area contributed by atoms with Gasteiger partial charge in [0.2, 0.25) is 11.7 Å². The van der Waals surface area contributed by atoms with Crippen LogP contribution in [0.5, 0.6) is 0 Å². The second kappa shape index (κ2) is 9.43. The molecule has 0 atom stereocenters. The molecule has 2 fully saturated rings. The van der Waals surface area contributed by atoms with E-state index in [1.165, 1.54) is 32.1 Å². The summed E-state index contributed by atoms with van der Waals surface area (Å²) < 4.78 is 5.38. The monoisotopic (exact) mass is 515 g/mol. The van der Waals surface area contributed by atoms with Gasteiger partial charge < -0.3 is 14.7 Å². The molecule has 1 aromatic heterocycles. The number of nitrogens with one attached hydrogen (secondary N) is 1. The average Bonchev–Trinajstić information content (AvgIpc) is 3.41. The molecule has 4 rings (SSSR count). The molecule has 1 N–H and O–H groups in total. The standard InChI is InChI=1S/C20H26ClN5O.HI/c1-22-19(26-12-10-20(14-26)8-2-3-9-20)23-11-7-17-24-18(25-27-17)15-5-4-6-16(21)13-15;/h4-6,13H,2-3,7-12,14H2,1H3,(H,22,23);1H. The Morgan fingerprint density at radius 1 is 1.32 bits per heavy atom. The second-order valence-corrected chi connectivity index (χ2v) is 8.06. The lowest BCUT2D eigenvalue weighted by molar-refractivity contribution is 0.309. The molecule has 0 unspecified atom stereocenters. The fourth-order valence-corrected chi connectivity index (χ4v) is 4.55. The highest BCUT2D eigenvalue weighted by atomic mass is 127. The summed E-state index contributed by atoms with van der Waals surface area (Å²) in [5, 5.41) is 8.17. The summed E-state index contributed by atoms with van der Waals surface area (Å²) in [7, 11) is 1.85. The molecule has 0 bridgehead atoms. The van der Waals surface area contributed by atoms with Crippen LogP contribution in [0.15, 0.2) is 33.8 Å². The summed E-state index contributed by atoms with van der Waals surface area (Å²) in [5.41, 5.74) is 1.40. The van der Waals surface area contributed by atoms with Gasteiger partial charge in [-0.2, -0.15) is 4.98 Å². The maximum absolute atomic E-state index is 6.03. The average molecular weight is 516 g/mol. The van der Waals surface area contributed by atoms with Crippen molar-refractivity contribution in [1.82, 2.24) is 20.4 Å². The predicted molar refractivity (Wildman–Crippen MR) is 122 cm³/mol. The zero-order valence-electron chi connectivity index (χ0n) is 16.2. The van der Waals surface area contributed by atoms with Crippen molar-refractivity contribution < 1.29 is 4.52 Å². The Kier molecular flexibility index (Phi) is 7.20. The van der Waals surface area contributed by atoms with Crippen molar-refractivity contribution in [2.45, 2.75) is 38.5 Å². The third kappa shape index (κ3) is 4.79. The molecule has 2 heterocycles. The van der Waals surface area contributed by atoms with E-state index in [1.54, 1.807) is 0 Å². The first-order chi connectivity index (χ1) is 13.2. The molecule has 1 aliphatic heterocycles. The van der Waals surface area contributed by atoms with Gasteiger partial charge >= 0.3 is 0 Å². The largest absolute Gasteiger partial charge is 0.356 e. The van der Waals surface area contributed by atoms with E-state index in [2.05, 4.69) is 25.3 Å². The van der Waals surface area contributed by atoms with Crippen molar-refractivity contribution in [3.8, 4) is 11.4 Å². The van der Waals surface area contributed by atoms with E-state index in [4.69, 9.17) is 16.1 Å². The van der Waals surface area contributed by atoms with E-state index in [-0.39, 0.29) is 24.0 Å². The lowest BCUT2D eigenvalue weighted by Crippen LogP contribution is -2.41. The minimum absolute atomic E-state index is 0. The van der Waals surface area contributed by atoms with Crippen LogP contribution in [0, 0.1) is 5.41 Å². The van der Waals surface area contributed by atoms with E-state index in [0.717, 1.165) is 24.6 Å². The SMILES string of the molecule is CN=C(NCCc1nc(-c2cccc(Cl)c2)no1)N1CCC2(CCCC2)C1.I. The Morgan fingerprint density at radius 2 is 2.14 bits per heavy atom. The van der Waals surface area contributed by atoms with Crippen LogP contribution >= 0.6 is 35.6 Å². The van der Waals surface area contributed by atoms with Crippen molar-refractivity contribution >= 4 is 41.5 Å². The van der Waals surface area contributed by atoms with Crippen LogP contribution in [0.3, 0.4) is 0 Å². The van der Waals surface area contributed by atoms with Gasteiger partial charge in [0.25, 0.3) is 0 Å². The van der Waals surface area contributed by atoms with E-state index in [9.17, 15) is 0 Å². The summed E-state index contributed by atoms with van der Waals surface area (Å²) in [6, 6.07) is 7.47. The Labute approximate surface area is 188 Å². The second-order valence-electron chi connectivity index (χ2n) is 7.62. The Bertz CT molecular complexity index is 818. The maximum Gasteiger partial charge on any atom is 0.228 e. The van der Waals surface area contributed by atoms with Gasteiger partial charge in [0.05, 0.1) is 0 Å². The first-order valence-corrected chi connectivity index (χ1v) is 10.1. The Hall–Kier alpha value is -1.35. The molecule has 2 aliphatic rings. The maximum atomic E-state index is 6.03. The van der Waals surface area contributed by atoms with Gasteiger partial charge in [0.15, 0.2) is 5.96 Å². The van der Waals surface area contributed by atoms with Crippen LogP contribution < -0.4 is 5.32 Å². The number of halogens is 2. The summed E-state index contributed by atoms with van der Waals surface area (Å²) in [6.45, 7) is 2.94. The minimum Gasteiger partial charge on any atom is -0.356 e. The molecule has 8 heteroatoms. The molecule has 1 spiro atoms. The van der Waals surface area contributed by atoms with Gasteiger partial charge in [0.1, 0.15) is 0 Å². The zero-order chi connectivity index (χ0) is 18.7. The number of aliphatic imine (C=N–C) groups is 1. The lowest BCUT2D eigenvalue weighted by Gasteiger charge is -2.25. The molecule has 28 heavy (non-hydrogen) atoms. The summed E-state index contributed by atoms with van der Waals surface area (Å²) in [4.78, 5) is 11.3. The third-order valence-corrected chi connectivity index (χ3v) is 6.02. The molecule has 1 saturated heterocycles. The zero-order valence-corrected chi connectivity index (χ0v) is 19.2. The Morgan fingerprint density at radius 3 is 2.89 bits per heavy atom. The van der Waals surface area contributed by atoms with Gasteiger partial charge in [-0.3, -0.25) is 4.99 Å².